The van der Waals surface area contributed by atoms with Crippen molar-refractivity contribution in [3.05, 3.63) is 70.8 Å². The first kappa shape index (κ1) is 29.7. The van der Waals surface area contributed by atoms with E-state index in [2.05, 4.69) is 33.8 Å². The Morgan fingerprint density at radius 1 is 1.10 bits per heavy atom. The van der Waals surface area contributed by atoms with E-state index in [4.69, 9.17) is 20.1 Å². The van der Waals surface area contributed by atoms with E-state index in [0.29, 0.717) is 12.3 Å². The smallest absolute Gasteiger partial charge is 0.475 e. The van der Waals surface area contributed by atoms with Crippen LogP contribution in [0.3, 0.4) is 0 Å². The Hall–Kier alpha value is -4.29. The van der Waals surface area contributed by atoms with Crippen molar-refractivity contribution in [3.63, 3.8) is 0 Å². The summed E-state index contributed by atoms with van der Waals surface area (Å²) in [7, 11) is 0. The minimum Gasteiger partial charge on any atom is -0.475 e. The van der Waals surface area contributed by atoms with E-state index >= 15 is 0 Å². The van der Waals surface area contributed by atoms with Gasteiger partial charge in [-0.25, -0.2) is 23.8 Å². The third-order valence-corrected chi connectivity index (χ3v) is 6.73. The second-order valence-corrected chi connectivity index (χ2v) is 9.89. The molecule has 3 aromatic heterocycles. The fourth-order valence-electron chi connectivity index (χ4n) is 4.46. The Balaban J connectivity index is 0.000000493. The number of anilines is 1. The van der Waals surface area contributed by atoms with E-state index < -0.39 is 12.1 Å². The maximum atomic E-state index is 13.5. The van der Waals surface area contributed by atoms with Gasteiger partial charge in [-0.3, -0.25) is 4.68 Å². The summed E-state index contributed by atoms with van der Waals surface area (Å²) in [6, 6.07) is 8.57. The van der Waals surface area contributed by atoms with E-state index in [-0.39, 0.29) is 5.82 Å². The molecule has 0 saturated heterocycles. The standard InChI is InChI=1S/C26H30FN7.C2HF3O2/c1-5-28-26-17(3)31-34(18(26)4)24-13-22(29-15-30-24)12-23-16(2)25(20-8-10-21(27)11-9-20)32-33(23)14-19-6-7-19;3-2(4,5)1(6)7/h8-11,13,15,19,28H,5-7,12,14H2,1-4H3;(H,6,7). The van der Waals surface area contributed by atoms with Crippen molar-refractivity contribution in [1.29, 1.82) is 0 Å². The third kappa shape index (κ3) is 7.08. The molecule has 1 aliphatic rings. The van der Waals surface area contributed by atoms with Crippen LogP contribution in [0, 0.1) is 32.5 Å². The zero-order chi connectivity index (χ0) is 29.9. The molecule has 0 amide bonds. The summed E-state index contributed by atoms with van der Waals surface area (Å²) in [5.41, 5.74) is 8.00. The van der Waals surface area contributed by atoms with E-state index in [0.717, 1.165) is 64.2 Å². The molecule has 1 aliphatic carbocycles. The molecule has 4 aromatic rings. The van der Waals surface area contributed by atoms with Gasteiger partial charge >= 0.3 is 12.1 Å². The van der Waals surface area contributed by atoms with Gasteiger partial charge in [-0.15, -0.1) is 0 Å². The second-order valence-electron chi connectivity index (χ2n) is 9.89. The average molecular weight is 574 g/mol. The number of nitrogens with one attached hydrogen (secondary N) is 1. The number of aliphatic carboxylic acids is 1. The first-order chi connectivity index (χ1) is 19.4. The van der Waals surface area contributed by atoms with Crippen molar-refractivity contribution in [2.75, 3.05) is 11.9 Å². The molecule has 0 spiro atoms. The van der Waals surface area contributed by atoms with Crippen molar-refractivity contribution >= 4 is 11.7 Å². The van der Waals surface area contributed by atoms with Gasteiger partial charge in [0.05, 0.1) is 28.5 Å². The van der Waals surface area contributed by atoms with Crippen molar-refractivity contribution in [2.24, 2.45) is 5.92 Å². The van der Waals surface area contributed by atoms with Crippen molar-refractivity contribution < 1.29 is 27.5 Å². The number of benzene rings is 1. The van der Waals surface area contributed by atoms with Crippen molar-refractivity contribution in [3.8, 4) is 17.1 Å². The number of carboxylic acids is 1. The normalized spacial score (nSPS) is 13.1. The number of rotatable bonds is 8. The summed E-state index contributed by atoms with van der Waals surface area (Å²) in [6.07, 6.45) is -0.352. The van der Waals surface area contributed by atoms with Gasteiger partial charge in [0.2, 0.25) is 0 Å². The maximum Gasteiger partial charge on any atom is 0.490 e. The molecular formula is C28H31F4N7O2. The van der Waals surface area contributed by atoms with Gasteiger partial charge in [-0.1, -0.05) is 0 Å². The van der Waals surface area contributed by atoms with Crippen LogP contribution in [0.15, 0.2) is 36.7 Å². The van der Waals surface area contributed by atoms with Gasteiger partial charge in [-0.05, 0) is 76.3 Å². The van der Waals surface area contributed by atoms with E-state index in [1.165, 1.54) is 25.0 Å². The SMILES string of the molecule is CCNc1c(C)nn(-c2cc(Cc3c(C)c(-c4ccc(F)cc4)nn3CC3CC3)ncn2)c1C.O=C(O)C(F)(F)F. The number of nitrogens with zero attached hydrogens (tertiary/aromatic N) is 6. The predicted molar refractivity (Wildman–Crippen MR) is 144 cm³/mol. The van der Waals surface area contributed by atoms with Crippen LogP contribution < -0.4 is 5.32 Å². The zero-order valence-electron chi connectivity index (χ0n) is 23.1. The Morgan fingerprint density at radius 3 is 2.34 bits per heavy atom. The molecule has 1 saturated carbocycles. The molecule has 1 aromatic carbocycles. The molecule has 3 heterocycles. The van der Waals surface area contributed by atoms with Crippen LogP contribution in [0.1, 0.15) is 48.1 Å². The van der Waals surface area contributed by atoms with Crippen LogP contribution in [-0.2, 0) is 17.8 Å². The third-order valence-electron chi connectivity index (χ3n) is 6.73. The Kier molecular flexibility index (Phi) is 8.74. The maximum absolute atomic E-state index is 13.5. The molecule has 41 heavy (non-hydrogen) atoms. The fourth-order valence-corrected chi connectivity index (χ4v) is 4.46. The van der Waals surface area contributed by atoms with Gasteiger partial charge in [0.1, 0.15) is 12.1 Å². The number of aromatic nitrogens is 6. The lowest BCUT2D eigenvalue weighted by atomic mass is 10.0. The molecule has 9 nitrogen and oxygen atoms in total. The first-order valence-electron chi connectivity index (χ1n) is 13.1. The quantitative estimate of drug-likeness (QED) is 0.262. The van der Waals surface area contributed by atoms with Gasteiger partial charge in [0.25, 0.3) is 0 Å². The number of hydrogen-bond donors (Lipinski definition) is 2. The Labute approximate surface area is 234 Å². The van der Waals surface area contributed by atoms with E-state index in [9.17, 15) is 17.6 Å². The molecule has 218 valence electrons. The number of aryl methyl sites for hydroxylation is 1. The number of carbonyl (C=O) groups is 1. The van der Waals surface area contributed by atoms with Crippen LogP contribution in [-0.4, -0.2) is 53.3 Å². The molecule has 0 unspecified atom stereocenters. The van der Waals surface area contributed by atoms with Gasteiger partial charge in [0.15, 0.2) is 5.82 Å². The van der Waals surface area contributed by atoms with Crippen LogP contribution in [0.4, 0.5) is 23.2 Å². The van der Waals surface area contributed by atoms with Crippen LogP contribution in [0.25, 0.3) is 17.1 Å². The highest BCUT2D eigenvalue weighted by Crippen LogP contribution is 2.33. The number of hydrogen-bond acceptors (Lipinski definition) is 6. The summed E-state index contributed by atoms with van der Waals surface area (Å²) in [4.78, 5) is 18.0. The van der Waals surface area contributed by atoms with Gasteiger partial charge < -0.3 is 10.4 Å². The molecule has 1 fully saturated rings. The Bertz CT molecular complexity index is 1520. The predicted octanol–water partition coefficient (Wildman–Crippen LogP) is 5.66. The lowest BCUT2D eigenvalue weighted by Gasteiger charge is -2.09. The number of halogens is 4. The van der Waals surface area contributed by atoms with Gasteiger partial charge in [-0.2, -0.15) is 23.4 Å². The van der Waals surface area contributed by atoms with Crippen molar-refractivity contribution in [1.82, 2.24) is 29.5 Å². The second kappa shape index (κ2) is 12.1. The number of alkyl halides is 3. The zero-order valence-corrected chi connectivity index (χ0v) is 23.1. The van der Waals surface area contributed by atoms with Crippen LogP contribution in [0.2, 0.25) is 0 Å². The van der Waals surface area contributed by atoms with Crippen molar-refractivity contribution in [2.45, 2.75) is 59.7 Å². The number of carboxylic acid groups (broad SMARTS) is 1. The van der Waals surface area contributed by atoms with E-state index in [1.54, 1.807) is 18.5 Å². The molecule has 0 atom stereocenters. The average Bonchev–Trinajstić information content (AvgIpc) is 3.64. The molecule has 0 aliphatic heterocycles. The molecule has 0 radical (unpaired) electrons. The Morgan fingerprint density at radius 2 is 1.76 bits per heavy atom. The van der Waals surface area contributed by atoms with Gasteiger partial charge in [0, 0.05) is 36.8 Å². The highest BCUT2D eigenvalue weighted by molar-refractivity contribution is 5.73. The molecule has 2 N–H and O–H groups in total. The highest BCUT2D eigenvalue weighted by Gasteiger charge is 2.38. The fraction of sp³-hybridized carbons (Fsp3) is 0.393. The summed E-state index contributed by atoms with van der Waals surface area (Å²) < 4.78 is 49.2. The highest BCUT2D eigenvalue weighted by atomic mass is 19.4. The van der Waals surface area contributed by atoms with Crippen LogP contribution >= 0.6 is 0 Å². The van der Waals surface area contributed by atoms with Crippen LogP contribution in [0.5, 0.6) is 0 Å². The summed E-state index contributed by atoms with van der Waals surface area (Å²) in [5, 5.41) is 20.2. The lowest BCUT2D eigenvalue weighted by molar-refractivity contribution is -0.192. The minimum absolute atomic E-state index is 0.242. The molecule has 0 bridgehead atoms. The lowest BCUT2D eigenvalue weighted by Crippen LogP contribution is -2.21. The largest absolute Gasteiger partial charge is 0.490 e. The monoisotopic (exact) mass is 573 g/mol. The summed E-state index contributed by atoms with van der Waals surface area (Å²) in [5.74, 6) is -1.57. The van der Waals surface area contributed by atoms with E-state index in [1.807, 2.05) is 24.6 Å². The first-order valence-corrected chi connectivity index (χ1v) is 13.1. The molecular weight excluding hydrogens is 542 g/mol. The molecule has 13 heteroatoms. The summed E-state index contributed by atoms with van der Waals surface area (Å²) >= 11 is 0. The summed E-state index contributed by atoms with van der Waals surface area (Å²) in [6.45, 7) is 9.95. The topological polar surface area (TPSA) is 111 Å². The molecule has 5 rings (SSSR count). The minimum atomic E-state index is -5.08.